The van der Waals surface area contributed by atoms with E-state index in [9.17, 15) is 35.1 Å². The van der Waals surface area contributed by atoms with Crippen molar-refractivity contribution in [1.82, 2.24) is 0 Å². The highest BCUT2D eigenvalue weighted by atomic mass is 19.2. The van der Waals surface area contributed by atoms with Crippen LogP contribution in [0.3, 0.4) is 0 Å². The van der Waals surface area contributed by atoms with Crippen LogP contribution in [0.15, 0.2) is 12.1 Å². The van der Waals surface area contributed by atoms with Gasteiger partial charge in [0.2, 0.25) is 0 Å². The Morgan fingerprint density at radius 1 is 0.500 bits per heavy atom. The molecule has 0 aliphatic heterocycles. The lowest BCUT2D eigenvalue weighted by Gasteiger charge is -2.23. The minimum absolute atomic E-state index is 0.116. The van der Waals surface area contributed by atoms with E-state index in [2.05, 4.69) is 0 Å². The molecule has 0 saturated heterocycles. The second kappa shape index (κ2) is 6.36. The molecule has 0 amide bonds. The smallest absolute Gasteiger partial charge is 0.166 e. The van der Waals surface area contributed by atoms with Crippen molar-refractivity contribution in [3.63, 3.8) is 0 Å². The Balaban J connectivity index is 2.63. The minimum atomic E-state index is -2.25. The third-order valence-electron chi connectivity index (χ3n) is 3.35. The summed E-state index contributed by atoms with van der Waals surface area (Å²) >= 11 is 0. The normalized spacial score (nSPS) is 13.9. The van der Waals surface area contributed by atoms with Crippen molar-refractivity contribution in [2.24, 2.45) is 11.5 Å². The zero-order chi connectivity index (χ0) is 18.3. The first kappa shape index (κ1) is 18.1. The van der Waals surface area contributed by atoms with Gasteiger partial charge in [-0.25, -0.2) is 35.1 Å². The Hall–Kier alpha value is -2.20. The molecule has 0 aromatic heterocycles. The van der Waals surface area contributed by atoms with Crippen LogP contribution in [-0.2, 0) is 0 Å². The number of rotatable bonds is 3. The molecule has 0 aliphatic rings. The highest BCUT2D eigenvalue weighted by Gasteiger charge is 2.33. The quantitative estimate of drug-likeness (QED) is 0.653. The molecule has 2 aromatic carbocycles. The van der Waals surface area contributed by atoms with E-state index in [0.717, 1.165) is 0 Å². The maximum atomic E-state index is 13.7. The Morgan fingerprint density at radius 3 is 0.917 bits per heavy atom. The van der Waals surface area contributed by atoms with Crippen molar-refractivity contribution in [2.75, 3.05) is 0 Å². The summed E-state index contributed by atoms with van der Waals surface area (Å²) in [5.74, 6) is -15.1. The van der Waals surface area contributed by atoms with Crippen molar-refractivity contribution >= 4 is 0 Å². The Kier molecular flexibility index (Phi) is 4.81. The van der Waals surface area contributed by atoms with Gasteiger partial charge in [0.05, 0.1) is 12.1 Å². The molecule has 0 bridgehead atoms. The molecule has 0 spiro atoms. The zero-order valence-corrected chi connectivity index (χ0v) is 11.5. The zero-order valence-electron chi connectivity index (χ0n) is 11.5. The van der Waals surface area contributed by atoms with Gasteiger partial charge >= 0.3 is 0 Å². The van der Waals surface area contributed by atoms with Crippen LogP contribution in [0.25, 0.3) is 0 Å². The number of halogens is 8. The number of hydrogen-bond donors (Lipinski definition) is 2. The molecular formula is C14H8F8N2. The molecule has 0 heterocycles. The second-order valence-electron chi connectivity index (χ2n) is 4.82. The van der Waals surface area contributed by atoms with Crippen LogP contribution < -0.4 is 11.5 Å². The summed E-state index contributed by atoms with van der Waals surface area (Å²) in [4.78, 5) is 0. The molecule has 0 saturated carbocycles. The largest absolute Gasteiger partial charge is 0.322 e. The van der Waals surface area contributed by atoms with E-state index in [1.165, 1.54) is 0 Å². The molecule has 0 radical (unpaired) electrons. The fourth-order valence-electron chi connectivity index (χ4n) is 2.13. The molecule has 2 rings (SSSR count). The van der Waals surface area contributed by atoms with Gasteiger partial charge in [-0.1, -0.05) is 0 Å². The topological polar surface area (TPSA) is 52.0 Å². The maximum Gasteiger partial charge on any atom is 0.166 e. The van der Waals surface area contributed by atoms with Crippen molar-refractivity contribution in [1.29, 1.82) is 0 Å². The molecule has 2 nitrogen and oxygen atoms in total. The molecule has 2 unspecified atom stereocenters. The summed E-state index contributed by atoms with van der Waals surface area (Å²) in [6.07, 6.45) is 0. The molecule has 2 atom stereocenters. The molecule has 130 valence electrons. The first-order valence-electron chi connectivity index (χ1n) is 6.24. The standard InChI is InChI=1S/C14H8F8N2/c15-3-1-4(16)10(20)7(9(3)19)13(23)14(24)8-11(21)5(17)2-6(18)12(8)22/h1-2,13-14H,23-24H2. The van der Waals surface area contributed by atoms with E-state index in [0.29, 0.717) is 0 Å². The Bertz CT molecular complexity index is 688. The third kappa shape index (κ3) is 2.82. The van der Waals surface area contributed by atoms with Gasteiger partial charge in [-0.05, 0) is 0 Å². The molecule has 4 N–H and O–H groups in total. The summed E-state index contributed by atoms with van der Waals surface area (Å²) in [5.41, 5.74) is 7.75. The Morgan fingerprint density at radius 2 is 0.708 bits per heavy atom. The first-order chi connectivity index (χ1) is 11.1. The summed E-state index contributed by atoms with van der Waals surface area (Å²) in [7, 11) is 0. The van der Waals surface area contributed by atoms with Crippen molar-refractivity contribution < 1.29 is 35.1 Å². The average molecular weight is 356 g/mol. The molecule has 0 aliphatic carbocycles. The van der Waals surface area contributed by atoms with E-state index < -0.39 is 69.7 Å². The van der Waals surface area contributed by atoms with Crippen LogP contribution in [0.4, 0.5) is 35.1 Å². The molecule has 24 heavy (non-hydrogen) atoms. The van der Waals surface area contributed by atoms with E-state index in [1.807, 2.05) is 0 Å². The van der Waals surface area contributed by atoms with E-state index >= 15 is 0 Å². The highest BCUT2D eigenvalue weighted by molar-refractivity contribution is 5.32. The molecule has 0 fully saturated rings. The summed E-state index contributed by atoms with van der Waals surface area (Å²) in [6.45, 7) is 0. The Labute approximate surface area is 129 Å². The van der Waals surface area contributed by atoms with Gasteiger partial charge in [-0.15, -0.1) is 0 Å². The summed E-state index contributed by atoms with van der Waals surface area (Å²) < 4.78 is 107. The maximum absolute atomic E-state index is 13.7. The van der Waals surface area contributed by atoms with Gasteiger partial charge in [0.15, 0.2) is 46.5 Å². The van der Waals surface area contributed by atoms with E-state index in [1.54, 1.807) is 0 Å². The fourth-order valence-corrected chi connectivity index (χ4v) is 2.13. The van der Waals surface area contributed by atoms with Gasteiger partial charge in [0, 0.05) is 23.3 Å². The van der Waals surface area contributed by atoms with Crippen LogP contribution in [-0.4, -0.2) is 0 Å². The van der Waals surface area contributed by atoms with Gasteiger partial charge in [-0.3, -0.25) is 0 Å². The van der Waals surface area contributed by atoms with Crippen molar-refractivity contribution in [3.05, 3.63) is 69.8 Å². The molecule has 10 heteroatoms. The number of benzene rings is 2. The average Bonchev–Trinajstić information content (AvgIpc) is 2.51. The molecule has 2 aromatic rings. The fraction of sp³-hybridized carbons (Fsp3) is 0.143. The van der Waals surface area contributed by atoms with E-state index in [-0.39, 0.29) is 12.1 Å². The van der Waals surface area contributed by atoms with Crippen LogP contribution in [0.2, 0.25) is 0 Å². The first-order valence-corrected chi connectivity index (χ1v) is 6.24. The lowest BCUT2D eigenvalue weighted by Crippen LogP contribution is -2.31. The predicted molar refractivity (Wildman–Crippen MR) is 66.4 cm³/mol. The van der Waals surface area contributed by atoms with Gasteiger partial charge < -0.3 is 11.5 Å². The number of hydrogen-bond acceptors (Lipinski definition) is 2. The lowest BCUT2D eigenvalue weighted by atomic mass is 9.92. The number of nitrogens with two attached hydrogens (primary N) is 2. The van der Waals surface area contributed by atoms with Crippen LogP contribution in [0.5, 0.6) is 0 Å². The SMILES string of the molecule is NC(c1c(F)c(F)cc(F)c1F)C(N)c1c(F)c(F)cc(F)c1F. The monoisotopic (exact) mass is 356 g/mol. The second-order valence-corrected chi connectivity index (χ2v) is 4.82. The van der Waals surface area contributed by atoms with Crippen LogP contribution in [0, 0.1) is 46.5 Å². The van der Waals surface area contributed by atoms with Gasteiger partial charge in [0.1, 0.15) is 0 Å². The highest BCUT2D eigenvalue weighted by Crippen LogP contribution is 2.34. The van der Waals surface area contributed by atoms with Crippen molar-refractivity contribution in [3.8, 4) is 0 Å². The predicted octanol–water partition coefficient (Wildman–Crippen LogP) is 3.50. The van der Waals surface area contributed by atoms with Gasteiger partial charge in [-0.2, -0.15) is 0 Å². The van der Waals surface area contributed by atoms with Crippen LogP contribution in [0.1, 0.15) is 23.2 Å². The summed E-state index contributed by atoms with van der Waals surface area (Å²) in [5, 5.41) is 0. The summed E-state index contributed by atoms with van der Waals surface area (Å²) in [6, 6.07) is -4.73. The van der Waals surface area contributed by atoms with Crippen molar-refractivity contribution in [2.45, 2.75) is 12.1 Å². The lowest BCUT2D eigenvalue weighted by molar-refractivity contribution is 0.389. The van der Waals surface area contributed by atoms with Crippen LogP contribution >= 0.6 is 0 Å². The molecular weight excluding hydrogens is 348 g/mol. The minimum Gasteiger partial charge on any atom is -0.322 e. The van der Waals surface area contributed by atoms with E-state index in [4.69, 9.17) is 11.5 Å². The third-order valence-corrected chi connectivity index (χ3v) is 3.35. The van der Waals surface area contributed by atoms with Gasteiger partial charge in [0.25, 0.3) is 0 Å².